The van der Waals surface area contributed by atoms with E-state index in [1.807, 2.05) is 0 Å². The minimum atomic E-state index is -5.38. The quantitative estimate of drug-likeness (QED) is 0.373. The molecule has 1 fully saturated rings. The van der Waals surface area contributed by atoms with Gasteiger partial charge >= 0.3 is 24.4 Å². The normalized spacial score (nSPS) is 17.3. The molecule has 3 rings (SSSR count). The second-order valence-corrected chi connectivity index (χ2v) is 7.22. The number of hydrogen-bond donors (Lipinski definition) is 2. The Kier molecular flexibility index (Phi) is 7.19. The van der Waals surface area contributed by atoms with Crippen LogP contribution in [0.25, 0.3) is 0 Å². The summed E-state index contributed by atoms with van der Waals surface area (Å²) in [6.07, 6.45) is -13.0. The molecule has 0 bridgehead atoms. The lowest BCUT2D eigenvalue weighted by Gasteiger charge is -2.20. The Morgan fingerprint density at radius 2 is 1.79 bits per heavy atom. The van der Waals surface area contributed by atoms with Gasteiger partial charge in [-0.05, 0) is 18.2 Å². The second-order valence-electron chi connectivity index (χ2n) is 7.22. The maximum atomic E-state index is 13.2. The van der Waals surface area contributed by atoms with E-state index in [0.29, 0.717) is 11.8 Å². The molecule has 14 heteroatoms. The summed E-state index contributed by atoms with van der Waals surface area (Å²) in [4.78, 5) is 28.1. The third-order valence-electron chi connectivity index (χ3n) is 4.65. The number of alkyl halides is 6. The van der Waals surface area contributed by atoms with Gasteiger partial charge in [-0.15, -0.1) is 0 Å². The maximum Gasteiger partial charge on any atom is 0.490 e. The molecule has 1 unspecified atom stereocenters. The number of para-hydroxylation sites is 1. The number of hydrogen-bond acceptors (Lipinski definition) is 6. The van der Waals surface area contributed by atoms with E-state index in [1.165, 1.54) is 4.90 Å². The number of nitrogens with zero attached hydrogens (tertiary/aromatic N) is 2. The number of benzene rings is 1. The second kappa shape index (κ2) is 9.75. The van der Waals surface area contributed by atoms with Gasteiger partial charge in [0.1, 0.15) is 11.8 Å². The molecule has 0 saturated carbocycles. The summed E-state index contributed by atoms with van der Waals surface area (Å²) < 4.78 is 86.4. The molecule has 34 heavy (non-hydrogen) atoms. The lowest BCUT2D eigenvalue weighted by atomic mass is 10.2. The summed E-state index contributed by atoms with van der Waals surface area (Å²) in [6, 6.07) is 9.30. The van der Waals surface area contributed by atoms with Crippen LogP contribution >= 0.6 is 0 Å². The third-order valence-corrected chi connectivity index (χ3v) is 4.65. The first-order chi connectivity index (χ1) is 15.8. The van der Waals surface area contributed by atoms with Crippen molar-refractivity contribution >= 4 is 17.7 Å². The minimum Gasteiger partial charge on any atom is -0.472 e. The predicted molar refractivity (Wildman–Crippen MR) is 104 cm³/mol. The number of urea groups is 1. The highest BCUT2D eigenvalue weighted by Gasteiger charge is 2.42. The number of ether oxygens (including phenoxy) is 2. The van der Waals surface area contributed by atoms with Crippen LogP contribution in [0.3, 0.4) is 0 Å². The van der Waals surface area contributed by atoms with Gasteiger partial charge in [-0.1, -0.05) is 18.2 Å². The number of carbonyl (C=O) groups excluding carboxylic acids is 2. The van der Waals surface area contributed by atoms with E-state index < -0.39 is 53.8 Å². The van der Waals surface area contributed by atoms with Gasteiger partial charge < -0.3 is 19.7 Å². The summed E-state index contributed by atoms with van der Waals surface area (Å²) in [6.45, 7) is 0.249. The molecule has 1 aromatic carbocycles. The molecule has 0 spiro atoms. The molecule has 1 aliphatic rings. The molecule has 2 amide bonds. The fraction of sp³-hybridized carbons (Fsp3) is 0.350. The van der Waals surface area contributed by atoms with Crippen LogP contribution in [0.2, 0.25) is 0 Å². The van der Waals surface area contributed by atoms with E-state index in [1.54, 1.807) is 30.3 Å². The van der Waals surface area contributed by atoms with E-state index in [4.69, 9.17) is 10.5 Å². The molecule has 8 nitrogen and oxygen atoms in total. The smallest absolute Gasteiger partial charge is 0.472 e. The molecule has 1 aromatic heterocycles. The van der Waals surface area contributed by atoms with Crippen LogP contribution in [-0.2, 0) is 15.7 Å². The maximum absolute atomic E-state index is 13.2. The Balaban J connectivity index is 1.71. The number of rotatable bonds is 5. The average molecular weight is 492 g/mol. The highest BCUT2D eigenvalue weighted by molar-refractivity contribution is 5.89. The van der Waals surface area contributed by atoms with Crippen LogP contribution in [0.4, 0.5) is 36.8 Å². The largest absolute Gasteiger partial charge is 0.490 e. The topological polar surface area (TPSA) is 107 Å². The number of amides is 2. The van der Waals surface area contributed by atoms with Crippen molar-refractivity contribution in [3.63, 3.8) is 0 Å². The van der Waals surface area contributed by atoms with Crippen molar-refractivity contribution in [3.8, 4) is 5.88 Å². The number of nitrogens with one attached hydrogen (secondary N) is 1. The lowest BCUT2D eigenvalue weighted by Crippen LogP contribution is -2.34. The van der Waals surface area contributed by atoms with Gasteiger partial charge in [0.25, 0.3) is 0 Å². The standard InChI is InChI=1S/C20H18F6N4O4/c21-19(22,23)14-8-11(16(27)34-17(31)20(24,25)26)9-15(29-14)33-13-6-7-30(10-13)18(32)28-12-4-2-1-3-5-12/h1-5,8-9,13,16H,6-7,10,27H2,(H,28,32)/t13-,16?/m1/s1. The van der Waals surface area contributed by atoms with Crippen molar-refractivity contribution in [3.05, 3.63) is 53.7 Å². The summed E-state index contributed by atoms with van der Waals surface area (Å²) >= 11 is 0. The zero-order valence-electron chi connectivity index (χ0n) is 17.2. The molecule has 3 N–H and O–H groups in total. The van der Waals surface area contributed by atoms with Crippen molar-refractivity contribution in [2.45, 2.75) is 31.1 Å². The van der Waals surface area contributed by atoms with E-state index in [9.17, 15) is 35.9 Å². The Hall–Kier alpha value is -3.55. The Bertz CT molecular complexity index is 1030. The lowest BCUT2D eigenvalue weighted by molar-refractivity contribution is -0.205. The van der Waals surface area contributed by atoms with Crippen LogP contribution in [0.1, 0.15) is 23.9 Å². The number of halogens is 6. The van der Waals surface area contributed by atoms with Crippen LogP contribution in [0.5, 0.6) is 5.88 Å². The molecule has 2 heterocycles. The molecule has 184 valence electrons. The Morgan fingerprint density at radius 1 is 1.12 bits per heavy atom. The van der Waals surface area contributed by atoms with Crippen molar-refractivity contribution in [2.24, 2.45) is 5.73 Å². The van der Waals surface area contributed by atoms with Crippen LogP contribution in [-0.4, -0.2) is 47.3 Å². The van der Waals surface area contributed by atoms with E-state index >= 15 is 0 Å². The number of pyridine rings is 1. The SMILES string of the molecule is NC(OC(=O)C(F)(F)F)c1cc(O[C@@H]2CCN(C(=O)Nc3ccccc3)C2)nc(C(F)(F)F)c1. The van der Waals surface area contributed by atoms with Gasteiger partial charge in [-0.25, -0.2) is 14.6 Å². The average Bonchev–Trinajstić information content (AvgIpc) is 3.21. The van der Waals surface area contributed by atoms with Crippen molar-refractivity contribution in [2.75, 3.05) is 18.4 Å². The van der Waals surface area contributed by atoms with Gasteiger partial charge in [0, 0.05) is 30.3 Å². The highest BCUT2D eigenvalue weighted by atomic mass is 19.4. The van der Waals surface area contributed by atoms with Crippen molar-refractivity contribution in [1.29, 1.82) is 0 Å². The van der Waals surface area contributed by atoms with Gasteiger partial charge in [0.05, 0.1) is 6.54 Å². The van der Waals surface area contributed by atoms with Gasteiger partial charge in [-0.2, -0.15) is 26.3 Å². The first kappa shape index (κ1) is 25.1. The van der Waals surface area contributed by atoms with Crippen molar-refractivity contribution in [1.82, 2.24) is 9.88 Å². The van der Waals surface area contributed by atoms with Crippen molar-refractivity contribution < 1.29 is 45.4 Å². The van der Waals surface area contributed by atoms with E-state index in [2.05, 4.69) is 15.0 Å². The van der Waals surface area contributed by atoms with Crippen LogP contribution in [0, 0.1) is 0 Å². The Labute approximate surface area is 188 Å². The van der Waals surface area contributed by atoms with Crippen LogP contribution in [0.15, 0.2) is 42.5 Å². The molecule has 1 aliphatic heterocycles. The number of likely N-dealkylation sites (tertiary alicyclic amines) is 1. The number of aromatic nitrogens is 1. The predicted octanol–water partition coefficient (Wildman–Crippen LogP) is 3.85. The zero-order valence-corrected chi connectivity index (χ0v) is 17.2. The minimum absolute atomic E-state index is 0.0149. The van der Waals surface area contributed by atoms with Gasteiger partial charge in [-0.3, -0.25) is 5.73 Å². The molecule has 2 aromatic rings. The summed E-state index contributed by atoms with van der Waals surface area (Å²) in [5.74, 6) is -3.26. The summed E-state index contributed by atoms with van der Waals surface area (Å²) in [5.41, 5.74) is 3.80. The van der Waals surface area contributed by atoms with E-state index in [-0.39, 0.29) is 19.5 Å². The molecule has 0 aliphatic carbocycles. The number of anilines is 1. The number of esters is 1. The van der Waals surface area contributed by atoms with Crippen LogP contribution < -0.4 is 15.8 Å². The molecule has 0 radical (unpaired) electrons. The first-order valence-electron chi connectivity index (χ1n) is 9.73. The van der Waals surface area contributed by atoms with E-state index in [0.717, 1.165) is 6.07 Å². The first-order valence-corrected chi connectivity index (χ1v) is 9.73. The molecular weight excluding hydrogens is 474 g/mol. The molecule has 2 atom stereocenters. The number of carbonyl (C=O) groups is 2. The molecule has 1 saturated heterocycles. The number of nitrogens with two attached hydrogens (primary N) is 1. The monoisotopic (exact) mass is 492 g/mol. The fourth-order valence-corrected chi connectivity index (χ4v) is 3.05. The Morgan fingerprint density at radius 3 is 2.41 bits per heavy atom. The summed E-state index contributed by atoms with van der Waals surface area (Å²) in [5, 5.41) is 2.66. The fourth-order valence-electron chi connectivity index (χ4n) is 3.05. The van der Waals surface area contributed by atoms with Gasteiger partial charge in [0.2, 0.25) is 5.88 Å². The summed E-state index contributed by atoms with van der Waals surface area (Å²) in [7, 11) is 0. The van der Waals surface area contributed by atoms with Gasteiger partial charge in [0.15, 0.2) is 6.23 Å². The third kappa shape index (κ3) is 6.50. The zero-order chi connectivity index (χ0) is 25.1. The highest BCUT2D eigenvalue weighted by Crippen LogP contribution is 2.32. The molecular formula is C20H18F6N4O4.